The highest BCUT2D eigenvalue weighted by Crippen LogP contribution is 2.21. The number of carboxylic acids is 1. The van der Waals surface area contributed by atoms with Crippen LogP contribution in [0.15, 0.2) is 36.4 Å². The number of hydrogen-bond donors (Lipinski definition) is 4. The fraction of sp³-hybridized carbons (Fsp3) is 0.357. The molecule has 220 valence electrons. The summed E-state index contributed by atoms with van der Waals surface area (Å²) in [7, 11) is 1.39. The van der Waals surface area contributed by atoms with Crippen LogP contribution in [0.4, 0.5) is 8.78 Å². The van der Waals surface area contributed by atoms with Gasteiger partial charge in [0.2, 0.25) is 11.8 Å². The van der Waals surface area contributed by atoms with Gasteiger partial charge in [0, 0.05) is 11.1 Å². The molecule has 11 nitrogen and oxygen atoms in total. The van der Waals surface area contributed by atoms with E-state index in [1.165, 1.54) is 26.2 Å². The second-order valence-corrected chi connectivity index (χ2v) is 9.45. The van der Waals surface area contributed by atoms with Crippen molar-refractivity contribution in [3.63, 3.8) is 0 Å². The molecule has 0 bridgehead atoms. The Morgan fingerprint density at radius 1 is 0.976 bits per heavy atom. The molecule has 0 heterocycles. The van der Waals surface area contributed by atoms with Crippen LogP contribution in [0.5, 0.6) is 5.75 Å². The highest BCUT2D eigenvalue weighted by molar-refractivity contribution is 6.00. The van der Waals surface area contributed by atoms with E-state index in [0.717, 1.165) is 18.2 Å². The molecule has 4 N–H and O–H groups in total. The van der Waals surface area contributed by atoms with Crippen LogP contribution < -0.4 is 20.7 Å². The van der Waals surface area contributed by atoms with Crippen molar-refractivity contribution in [1.82, 2.24) is 16.0 Å². The van der Waals surface area contributed by atoms with E-state index in [1.807, 2.05) is 5.32 Å². The Bertz CT molecular complexity index is 1330. The van der Waals surface area contributed by atoms with Crippen LogP contribution in [0.1, 0.15) is 53.5 Å². The molecule has 0 aromatic heterocycles. The van der Waals surface area contributed by atoms with Crippen molar-refractivity contribution in [3.8, 4) is 5.75 Å². The van der Waals surface area contributed by atoms with Crippen molar-refractivity contribution < 1.29 is 47.4 Å². The molecule has 2 aromatic rings. The Hall–Kier alpha value is -4.68. The first-order valence-electron chi connectivity index (χ1n) is 12.5. The minimum absolute atomic E-state index is 0.224. The first kappa shape index (κ1) is 32.5. The number of aliphatic carboxylic acids is 1. The molecule has 0 saturated carbocycles. The van der Waals surface area contributed by atoms with Crippen LogP contribution in [0, 0.1) is 17.6 Å². The lowest BCUT2D eigenvalue weighted by Crippen LogP contribution is -2.55. The van der Waals surface area contributed by atoms with Crippen molar-refractivity contribution >= 4 is 35.3 Å². The molecule has 0 unspecified atom stereocenters. The number of carbonyl (C=O) groups is 6. The second-order valence-electron chi connectivity index (χ2n) is 9.45. The van der Waals surface area contributed by atoms with Crippen molar-refractivity contribution in [2.45, 2.75) is 45.7 Å². The van der Waals surface area contributed by atoms with Gasteiger partial charge in [-0.1, -0.05) is 19.9 Å². The normalized spacial score (nSPS) is 12.2. The predicted octanol–water partition coefficient (Wildman–Crippen LogP) is 1.82. The van der Waals surface area contributed by atoms with Gasteiger partial charge in [-0.25, -0.2) is 8.78 Å². The first-order chi connectivity index (χ1) is 19.2. The minimum Gasteiger partial charge on any atom is -0.496 e. The van der Waals surface area contributed by atoms with Gasteiger partial charge in [-0.3, -0.25) is 28.8 Å². The summed E-state index contributed by atoms with van der Waals surface area (Å²) in [6.07, 6.45) is -1.11. The van der Waals surface area contributed by atoms with E-state index in [1.54, 1.807) is 19.9 Å². The van der Waals surface area contributed by atoms with Crippen LogP contribution in [0.25, 0.3) is 0 Å². The van der Waals surface area contributed by atoms with E-state index in [4.69, 9.17) is 4.74 Å². The fourth-order valence-corrected chi connectivity index (χ4v) is 3.84. The Balaban J connectivity index is 2.13. The number of ketones is 2. The highest BCUT2D eigenvalue weighted by atomic mass is 19.1. The molecule has 0 fully saturated rings. The van der Waals surface area contributed by atoms with E-state index < -0.39 is 77.6 Å². The smallest absolute Gasteiger partial charge is 0.305 e. The molecule has 2 rings (SSSR count). The molecule has 0 aliphatic rings. The largest absolute Gasteiger partial charge is 0.496 e. The Labute approximate surface area is 234 Å². The highest BCUT2D eigenvalue weighted by Gasteiger charge is 2.30. The average molecular weight is 576 g/mol. The van der Waals surface area contributed by atoms with Gasteiger partial charge >= 0.3 is 5.97 Å². The van der Waals surface area contributed by atoms with Crippen molar-refractivity contribution in [2.75, 3.05) is 13.7 Å². The summed E-state index contributed by atoms with van der Waals surface area (Å²) < 4.78 is 33.0. The first-order valence-corrected chi connectivity index (χ1v) is 12.5. The van der Waals surface area contributed by atoms with Crippen LogP contribution in [-0.2, 0) is 25.6 Å². The second kappa shape index (κ2) is 14.6. The summed E-state index contributed by atoms with van der Waals surface area (Å²) in [5, 5.41) is 16.1. The number of benzene rings is 2. The lowest BCUT2D eigenvalue weighted by Gasteiger charge is -2.25. The van der Waals surface area contributed by atoms with Gasteiger partial charge in [-0.15, -0.1) is 0 Å². The Kier molecular flexibility index (Phi) is 11.6. The van der Waals surface area contributed by atoms with Gasteiger partial charge < -0.3 is 25.8 Å². The average Bonchev–Trinajstić information content (AvgIpc) is 2.89. The summed E-state index contributed by atoms with van der Waals surface area (Å²) in [6, 6.07) is 4.50. The third-order valence-electron chi connectivity index (χ3n) is 6.00. The maximum absolute atomic E-state index is 13.9. The van der Waals surface area contributed by atoms with Gasteiger partial charge in [-0.05, 0) is 43.2 Å². The number of rotatable bonds is 14. The lowest BCUT2D eigenvalue weighted by molar-refractivity contribution is -0.140. The molecule has 0 aliphatic carbocycles. The van der Waals surface area contributed by atoms with Gasteiger partial charge in [0.25, 0.3) is 5.91 Å². The fourth-order valence-electron chi connectivity index (χ4n) is 3.84. The number of carbonyl (C=O) groups excluding carboxylic acids is 5. The third kappa shape index (κ3) is 9.19. The molecule has 0 spiro atoms. The zero-order valence-electron chi connectivity index (χ0n) is 22.9. The van der Waals surface area contributed by atoms with Crippen LogP contribution in [-0.4, -0.2) is 66.1 Å². The van der Waals surface area contributed by atoms with E-state index in [-0.39, 0.29) is 12.2 Å². The van der Waals surface area contributed by atoms with Crippen LogP contribution >= 0.6 is 0 Å². The van der Waals surface area contributed by atoms with E-state index >= 15 is 0 Å². The quantitative estimate of drug-likeness (QED) is 0.248. The third-order valence-corrected chi connectivity index (χ3v) is 6.00. The number of nitrogens with one attached hydrogen (secondary N) is 3. The summed E-state index contributed by atoms with van der Waals surface area (Å²) in [4.78, 5) is 73.9. The number of ether oxygens (including phenoxy) is 1. The summed E-state index contributed by atoms with van der Waals surface area (Å²) in [5.74, 6) is -7.83. The van der Waals surface area contributed by atoms with Gasteiger partial charge in [-0.2, -0.15) is 0 Å². The molecule has 0 aliphatic heterocycles. The topological polar surface area (TPSA) is 168 Å². The standard InChI is InChI=1S/C28H31F2N3O8/c1-14(2)26(33-23(36)11-17-10-16(15(3)34)8-9-22(17)41-4)28(40)32-20(12-24(37)38)21(35)13-31-27(39)25-18(29)6-5-7-19(25)30/h5-10,14,20,26H,11-13H2,1-4H3,(H,31,39)(H,32,40)(H,33,36)(H,37,38)/t20-,26-/m0/s1. The molecule has 0 radical (unpaired) electrons. The summed E-state index contributed by atoms with van der Waals surface area (Å²) in [5.41, 5.74) is -0.180. The summed E-state index contributed by atoms with van der Waals surface area (Å²) >= 11 is 0. The molecular formula is C28H31F2N3O8. The SMILES string of the molecule is COc1ccc(C(C)=O)cc1CC(=O)N[C@H](C(=O)N[C@@H](CC(=O)O)C(=O)CNC(=O)c1c(F)cccc1F)C(C)C. The molecule has 13 heteroatoms. The number of amides is 3. The lowest BCUT2D eigenvalue weighted by atomic mass is 10.00. The van der Waals surface area contributed by atoms with Gasteiger partial charge in [0.1, 0.15) is 29.0 Å². The summed E-state index contributed by atoms with van der Waals surface area (Å²) in [6.45, 7) is 3.75. The zero-order chi connectivity index (χ0) is 30.9. The molecule has 3 amide bonds. The monoisotopic (exact) mass is 575 g/mol. The van der Waals surface area contributed by atoms with Crippen LogP contribution in [0.2, 0.25) is 0 Å². The maximum Gasteiger partial charge on any atom is 0.305 e. The minimum atomic E-state index is -1.63. The molecule has 0 saturated heterocycles. The van der Waals surface area contributed by atoms with E-state index in [2.05, 4.69) is 10.6 Å². The van der Waals surface area contributed by atoms with Crippen molar-refractivity contribution in [3.05, 3.63) is 64.7 Å². The number of hydrogen-bond acceptors (Lipinski definition) is 7. The number of methoxy groups -OCH3 is 1. The van der Waals surface area contributed by atoms with E-state index in [0.29, 0.717) is 16.9 Å². The molecule has 2 atom stereocenters. The maximum atomic E-state index is 13.9. The molecule has 41 heavy (non-hydrogen) atoms. The number of carboxylic acid groups (broad SMARTS) is 1. The van der Waals surface area contributed by atoms with Gasteiger partial charge in [0.15, 0.2) is 11.6 Å². The van der Waals surface area contributed by atoms with Crippen molar-refractivity contribution in [1.29, 1.82) is 0 Å². The van der Waals surface area contributed by atoms with Crippen molar-refractivity contribution in [2.24, 2.45) is 5.92 Å². The number of halogens is 2. The molecular weight excluding hydrogens is 544 g/mol. The Morgan fingerprint density at radius 3 is 2.15 bits per heavy atom. The predicted molar refractivity (Wildman–Crippen MR) is 141 cm³/mol. The zero-order valence-corrected chi connectivity index (χ0v) is 22.9. The Morgan fingerprint density at radius 2 is 1.61 bits per heavy atom. The number of Topliss-reactive ketones (excluding diaryl/α,β-unsaturated/α-hetero) is 2. The van der Waals surface area contributed by atoms with Gasteiger partial charge in [0.05, 0.1) is 32.5 Å². The molecule has 2 aromatic carbocycles. The van der Waals surface area contributed by atoms with E-state index in [9.17, 15) is 42.7 Å². The van der Waals surface area contributed by atoms with Crippen LogP contribution in [0.3, 0.4) is 0 Å².